The van der Waals surface area contributed by atoms with Gasteiger partial charge in [-0.05, 0) is 56.3 Å². The second-order valence-corrected chi connectivity index (χ2v) is 8.88. The lowest BCUT2D eigenvalue weighted by Crippen LogP contribution is -2.11. The maximum Gasteiger partial charge on any atom is 0.247 e. The molecule has 0 radical (unpaired) electrons. The first-order chi connectivity index (χ1) is 15.2. The molecule has 162 valence electrons. The van der Waals surface area contributed by atoms with E-state index in [0.717, 1.165) is 22.6 Å². The van der Waals surface area contributed by atoms with Gasteiger partial charge in [-0.1, -0.05) is 32.4 Å². The fourth-order valence-corrected chi connectivity index (χ4v) is 3.40. The van der Waals surface area contributed by atoms with Gasteiger partial charge in [0, 0.05) is 11.0 Å². The van der Waals surface area contributed by atoms with Gasteiger partial charge >= 0.3 is 0 Å². The zero-order valence-corrected chi connectivity index (χ0v) is 19.2. The molecule has 0 fully saturated rings. The highest BCUT2D eigenvalue weighted by molar-refractivity contribution is 6.31. The number of hydrogen-bond acceptors (Lipinski definition) is 6. The zero-order chi connectivity index (χ0) is 23.0. The summed E-state index contributed by atoms with van der Waals surface area (Å²) in [5.41, 5.74) is 3.34. The number of hydrogen-bond donors (Lipinski definition) is 0. The molecule has 0 saturated carbocycles. The maximum absolute atomic E-state index is 9.09. The van der Waals surface area contributed by atoms with Crippen LogP contribution in [0.1, 0.15) is 43.6 Å². The van der Waals surface area contributed by atoms with Gasteiger partial charge in [0.15, 0.2) is 5.75 Å². The molecule has 0 spiro atoms. The molecule has 2 aromatic carbocycles. The first-order valence-corrected chi connectivity index (χ1v) is 10.4. The van der Waals surface area contributed by atoms with Crippen LogP contribution in [0.5, 0.6) is 11.5 Å². The number of aryl methyl sites for hydroxylation is 1. The van der Waals surface area contributed by atoms with Gasteiger partial charge in [-0.2, -0.15) is 10.4 Å². The SMILES string of the molecule is Cc1nn(-c2ccc(C#N)c(Cl)c2)c(C)c1Oc1ccc(-c2nnc(C(C)(C)C)o2)cc1. The first-order valence-electron chi connectivity index (χ1n) is 10.1. The van der Waals surface area contributed by atoms with E-state index < -0.39 is 0 Å². The highest BCUT2D eigenvalue weighted by Crippen LogP contribution is 2.32. The normalized spacial score (nSPS) is 11.4. The summed E-state index contributed by atoms with van der Waals surface area (Å²) in [5, 5.41) is 22.3. The van der Waals surface area contributed by atoms with Crippen molar-refractivity contribution in [2.45, 2.75) is 40.0 Å². The minimum absolute atomic E-state index is 0.206. The smallest absolute Gasteiger partial charge is 0.247 e. The molecule has 7 nitrogen and oxygen atoms in total. The van der Waals surface area contributed by atoms with E-state index >= 15 is 0 Å². The minimum atomic E-state index is -0.206. The zero-order valence-electron chi connectivity index (χ0n) is 18.5. The number of aromatic nitrogens is 4. The van der Waals surface area contributed by atoms with E-state index in [1.807, 2.05) is 58.9 Å². The van der Waals surface area contributed by atoms with Crippen LogP contribution < -0.4 is 4.74 Å². The van der Waals surface area contributed by atoms with E-state index in [2.05, 4.69) is 21.4 Å². The molecule has 0 saturated heterocycles. The molecule has 0 aliphatic rings. The first kappa shape index (κ1) is 21.6. The van der Waals surface area contributed by atoms with Gasteiger partial charge in [0.2, 0.25) is 11.8 Å². The van der Waals surface area contributed by atoms with E-state index in [0.29, 0.717) is 33.9 Å². The molecule has 0 unspecified atom stereocenters. The molecule has 0 bridgehead atoms. The third-order valence-corrected chi connectivity index (χ3v) is 5.24. The Morgan fingerprint density at radius 1 is 1.06 bits per heavy atom. The molecule has 0 aliphatic heterocycles. The van der Waals surface area contributed by atoms with Crippen molar-refractivity contribution >= 4 is 11.6 Å². The fourth-order valence-electron chi connectivity index (χ4n) is 3.18. The fraction of sp³-hybridized carbons (Fsp3) is 0.250. The van der Waals surface area contributed by atoms with Crippen molar-refractivity contribution in [2.24, 2.45) is 0 Å². The number of nitrogens with zero attached hydrogens (tertiary/aromatic N) is 5. The van der Waals surface area contributed by atoms with E-state index in [1.54, 1.807) is 22.9 Å². The predicted molar refractivity (Wildman–Crippen MR) is 121 cm³/mol. The second-order valence-electron chi connectivity index (χ2n) is 8.48. The number of benzene rings is 2. The summed E-state index contributed by atoms with van der Waals surface area (Å²) in [4.78, 5) is 0. The number of rotatable bonds is 4. The van der Waals surface area contributed by atoms with Crippen LogP contribution in [0.4, 0.5) is 0 Å². The summed E-state index contributed by atoms with van der Waals surface area (Å²) in [7, 11) is 0. The van der Waals surface area contributed by atoms with Gasteiger partial charge in [-0.15, -0.1) is 10.2 Å². The predicted octanol–water partition coefficient (Wildman–Crippen LogP) is 6.15. The third-order valence-electron chi connectivity index (χ3n) is 4.93. The standard InChI is InChI=1S/C24H22ClN5O2/c1-14-21(15(2)30(29-14)18-9-6-17(13-26)20(25)12-18)31-19-10-7-16(8-11-19)22-27-28-23(32-22)24(3,4)5/h6-12H,1-5H3. The monoisotopic (exact) mass is 447 g/mol. The van der Waals surface area contributed by atoms with E-state index in [-0.39, 0.29) is 5.41 Å². The van der Waals surface area contributed by atoms with Gasteiger partial charge in [0.1, 0.15) is 17.5 Å². The van der Waals surface area contributed by atoms with E-state index in [1.165, 1.54) is 0 Å². The Morgan fingerprint density at radius 3 is 2.38 bits per heavy atom. The van der Waals surface area contributed by atoms with Crippen LogP contribution in [0, 0.1) is 25.2 Å². The van der Waals surface area contributed by atoms with Gasteiger partial charge in [0.25, 0.3) is 0 Å². The van der Waals surface area contributed by atoms with Crippen LogP contribution in [0.2, 0.25) is 5.02 Å². The average molecular weight is 448 g/mol. The lowest BCUT2D eigenvalue weighted by molar-refractivity contribution is 0.399. The van der Waals surface area contributed by atoms with Crippen molar-refractivity contribution in [3.8, 4) is 34.7 Å². The number of nitriles is 1. The Hall–Kier alpha value is -3.63. The Kier molecular flexibility index (Phi) is 5.49. The van der Waals surface area contributed by atoms with Crippen LogP contribution in [0.3, 0.4) is 0 Å². The largest absolute Gasteiger partial charge is 0.453 e. The van der Waals surface area contributed by atoms with Crippen molar-refractivity contribution in [3.63, 3.8) is 0 Å². The maximum atomic E-state index is 9.09. The van der Waals surface area contributed by atoms with Crippen LogP contribution in [0.25, 0.3) is 17.1 Å². The second kappa shape index (κ2) is 8.13. The lowest BCUT2D eigenvalue weighted by Gasteiger charge is -2.11. The van der Waals surface area contributed by atoms with Crippen LogP contribution >= 0.6 is 11.6 Å². The quantitative estimate of drug-likeness (QED) is 0.372. The molecule has 2 heterocycles. The molecule has 32 heavy (non-hydrogen) atoms. The summed E-state index contributed by atoms with van der Waals surface area (Å²) < 4.78 is 13.7. The molecular weight excluding hydrogens is 426 g/mol. The van der Waals surface area contributed by atoms with Gasteiger partial charge < -0.3 is 9.15 Å². The summed E-state index contributed by atoms with van der Waals surface area (Å²) in [6.45, 7) is 9.88. The average Bonchev–Trinajstić information content (AvgIpc) is 3.35. The topological polar surface area (TPSA) is 89.8 Å². The minimum Gasteiger partial charge on any atom is -0.453 e. The summed E-state index contributed by atoms with van der Waals surface area (Å²) in [6, 6.07) is 14.7. The van der Waals surface area contributed by atoms with Crippen LogP contribution in [-0.4, -0.2) is 20.0 Å². The van der Waals surface area contributed by atoms with Crippen molar-refractivity contribution in [1.29, 1.82) is 5.26 Å². The molecule has 0 atom stereocenters. The molecule has 4 rings (SSSR count). The molecule has 2 aromatic heterocycles. The Morgan fingerprint density at radius 2 is 1.78 bits per heavy atom. The van der Waals surface area contributed by atoms with Gasteiger partial charge in [-0.3, -0.25) is 0 Å². The lowest BCUT2D eigenvalue weighted by atomic mass is 9.97. The van der Waals surface area contributed by atoms with Crippen molar-refractivity contribution in [1.82, 2.24) is 20.0 Å². The summed E-state index contributed by atoms with van der Waals surface area (Å²) in [6.07, 6.45) is 0. The molecular formula is C24H22ClN5O2. The molecule has 0 aliphatic carbocycles. The van der Waals surface area contributed by atoms with Gasteiger partial charge in [0.05, 0.1) is 22.0 Å². The Bertz CT molecular complexity index is 1320. The Balaban J connectivity index is 1.58. The summed E-state index contributed by atoms with van der Waals surface area (Å²) in [5.74, 6) is 2.38. The van der Waals surface area contributed by atoms with E-state index in [4.69, 9.17) is 26.0 Å². The van der Waals surface area contributed by atoms with Crippen molar-refractivity contribution < 1.29 is 9.15 Å². The summed E-state index contributed by atoms with van der Waals surface area (Å²) >= 11 is 6.19. The molecule has 4 aromatic rings. The molecule has 0 amide bonds. The highest BCUT2D eigenvalue weighted by Gasteiger charge is 2.22. The molecule has 8 heteroatoms. The van der Waals surface area contributed by atoms with Crippen molar-refractivity contribution in [3.05, 3.63) is 70.3 Å². The Labute approximate surface area is 191 Å². The van der Waals surface area contributed by atoms with Crippen LogP contribution in [-0.2, 0) is 5.41 Å². The number of ether oxygens (including phenoxy) is 1. The van der Waals surface area contributed by atoms with E-state index in [9.17, 15) is 0 Å². The number of halogens is 1. The van der Waals surface area contributed by atoms with Gasteiger partial charge in [-0.25, -0.2) is 4.68 Å². The molecule has 0 N–H and O–H groups in total. The third kappa shape index (κ3) is 4.10. The van der Waals surface area contributed by atoms with Crippen LogP contribution in [0.15, 0.2) is 46.9 Å². The highest BCUT2D eigenvalue weighted by atomic mass is 35.5. The van der Waals surface area contributed by atoms with Crippen molar-refractivity contribution in [2.75, 3.05) is 0 Å².